The molecular weight excluding hydrogens is 270 g/mol. The van der Waals surface area contributed by atoms with Crippen molar-refractivity contribution in [3.63, 3.8) is 0 Å². The molecule has 0 saturated carbocycles. The number of aromatic nitrogens is 3. The number of fused-ring (bicyclic) bond motifs is 1. The van der Waals surface area contributed by atoms with Crippen LogP contribution in [0.3, 0.4) is 0 Å². The van der Waals surface area contributed by atoms with Gasteiger partial charge in [0.25, 0.3) is 0 Å². The summed E-state index contributed by atoms with van der Waals surface area (Å²) in [4.78, 5) is 9.92. The molecule has 0 aliphatic heterocycles. The van der Waals surface area contributed by atoms with Gasteiger partial charge < -0.3 is 10.3 Å². The molecule has 0 aliphatic rings. The van der Waals surface area contributed by atoms with Crippen molar-refractivity contribution in [2.45, 2.75) is 19.9 Å². The zero-order valence-electron chi connectivity index (χ0n) is 11.2. The van der Waals surface area contributed by atoms with Gasteiger partial charge in [-0.3, -0.25) is 0 Å². The minimum atomic E-state index is -0.00681. The monoisotopic (exact) mass is 283 g/mol. The second-order valence-corrected chi connectivity index (χ2v) is 5.91. The zero-order chi connectivity index (χ0) is 14.3. The predicted molar refractivity (Wildman–Crippen MR) is 79.5 cm³/mol. The van der Waals surface area contributed by atoms with Gasteiger partial charge in [-0.2, -0.15) is 5.26 Å². The lowest BCUT2D eigenvalue weighted by atomic mass is 10.2. The molecule has 0 radical (unpaired) electrons. The summed E-state index contributed by atoms with van der Waals surface area (Å²) in [5, 5.41) is 10.0. The number of benzene rings is 1. The molecule has 2 heterocycles. The van der Waals surface area contributed by atoms with Crippen LogP contribution in [0.2, 0.25) is 0 Å². The SMILES string of the molecule is Cc1cnc(C(C)n2c(N)nc3ccc(C#N)cc32)s1. The third kappa shape index (κ3) is 1.92. The van der Waals surface area contributed by atoms with Gasteiger partial charge in [0.2, 0.25) is 5.95 Å². The van der Waals surface area contributed by atoms with Gasteiger partial charge in [0.05, 0.1) is 28.7 Å². The van der Waals surface area contributed by atoms with Crippen LogP contribution < -0.4 is 5.73 Å². The van der Waals surface area contributed by atoms with Crippen molar-refractivity contribution in [2.24, 2.45) is 0 Å². The second-order valence-electron chi connectivity index (χ2n) is 4.64. The number of anilines is 1. The largest absolute Gasteiger partial charge is 0.369 e. The number of nitrogen functional groups attached to an aromatic ring is 1. The minimum Gasteiger partial charge on any atom is -0.369 e. The second kappa shape index (κ2) is 4.62. The number of nitrogens with two attached hydrogens (primary N) is 1. The normalized spacial score (nSPS) is 12.4. The van der Waals surface area contributed by atoms with E-state index in [9.17, 15) is 0 Å². The lowest BCUT2D eigenvalue weighted by Crippen LogP contribution is -2.09. The van der Waals surface area contributed by atoms with Gasteiger partial charge in [0.1, 0.15) is 5.01 Å². The number of hydrogen-bond acceptors (Lipinski definition) is 5. The van der Waals surface area contributed by atoms with Gasteiger partial charge in [0, 0.05) is 11.1 Å². The van der Waals surface area contributed by atoms with Crippen molar-refractivity contribution in [3.05, 3.63) is 39.8 Å². The van der Waals surface area contributed by atoms with Gasteiger partial charge in [-0.05, 0) is 32.0 Å². The number of hydrogen-bond donors (Lipinski definition) is 1. The number of rotatable bonds is 2. The highest BCUT2D eigenvalue weighted by Crippen LogP contribution is 2.29. The Balaban J connectivity index is 2.19. The van der Waals surface area contributed by atoms with E-state index in [0.29, 0.717) is 11.5 Å². The Morgan fingerprint density at radius 1 is 1.45 bits per heavy atom. The molecule has 0 amide bonds. The zero-order valence-corrected chi connectivity index (χ0v) is 12.0. The molecule has 5 nitrogen and oxygen atoms in total. The van der Waals surface area contributed by atoms with E-state index in [-0.39, 0.29) is 6.04 Å². The van der Waals surface area contributed by atoms with Gasteiger partial charge in [0.15, 0.2) is 0 Å². The molecule has 0 aliphatic carbocycles. The predicted octanol–water partition coefficient (Wildman–Crippen LogP) is 2.86. The molecule has 1 atom stereocenters. The number of nitriles is 1. The minimum absolute atomic E-state index is 0.00681. The fraction of sp³-hybridized carbons (Fsp3) is 0.214. The first-order valence-electron chi connectivity index (χ1n) is 6.20. The summed E-state index contributed by atoms with van der Waals surface area (Å²) in [7, 11) is 0. The summed E-state index contributed by atoms with van der Waals surface area (Å²) >= 11 is 1.64. The maximum absolute atomic E-state index is 9.03. The lowest BCUT2D eigenvalue weighted by molar-refractivity contribution is 0.662. The van der Waals surface area contributed by atoms with Crippen molar-refractivity contribution in [3.8, 4) is 6.07 Å². The van der Waals surface area contributed by atoms with Crippen LogP contribution in [0.4, 0.5) is 5.95 Å². The number of nitrogens with zero attached hydrogens (tertiary/aromatic N) is 4. The molecule has 1 aromatic carbocycles. The van der Waals surface area contributed by atoms with E-state index in [4.69, 9.17) is 11.0 Å². The van der Waals surface area contributed by atoms with Crippen LogP contribution in [0, 0.1) is 18.3 Å². The van der Waals surface area contributed by atoms with Crippen molar-refractivity contribution < 1.29 is 0 Å². The Morgan fingerprint density at radius 2 is 2.25 bits per heavy atom. The molecule has 6 heteroatoms. The van der Waals surface area contributed by atoms with E-state index >= 15 is 0 Å². The molecule has 3 rings (SSSR count). The van der Waals surface area contributed by atoms with Crippen LogP contribution in [-0.2, 0) is 0 Å². The molecule has 1 unspecified atom stereocenters. The molecule has 0 spiro atoms. The van der Waals surface area contributed by atoms with E-state index in [1.165, 1.54) is 0 Å². The van der Waals surface area contributed by atoms with Crippen LogP contribution in [0.25, 0.3) is 11.0 Å². The summed E-state index contributed by atoms with van der Waals surface area (Å²) in [5.74, 6) is 0.440. The van der Waals surface area contributed by atoms with Crippen molar-refractivity contribution in [2.75, 3.05) is 5.73 Å². The van der Waals surface area contributed by atoms with E-state index < -0.39 is 0 Å². The Bertz CT molecular complexity index is 824. The third-order valence-corrected chi connectivity index (χ3v) is 4.31. The fourth-order valence-electron chi connectivity index (χ4n) is 2.26. The molecule has 2 N–H and O–H groups in total. The fourth-order valence-corrected chi connectivity index (χ4v) is 3.08. The maximum atomic E-state index is 9.03. The average molecular weight is 283 g/mol. The standard InChI is InChI=1S/C14H13N5S/c1-8-7-17-13(20-8)9(2)19-12-5-10(6-15)3-4-11(12)18-14(19)16/h3-5,7,9H,1-2H3,(H2,16,18). The van der Waals surface area contributed by atoms with Crippen LogP contribution in [-0.4, -0.2) is 14.5 Å². The smallest absolute Gasteiger partial charge is 0.201 e. The van der Waals surface area contributed by atoms with Crippen molar-refractivity contribution >= 4 is 28.3 Å². The average Bonchev–Trinajstić information content (AvgIpc) is 3.00. The lowest BCUT2D eigenvalue weighted by Gasteiger charge is -2.13. The molecule has 20 heavy (non-hydrogen) atoms. The molecule has 3 aromatic rings. The third-order valence-electron chi connectivity index (χ3n) is 3.23. The molecular formula is C14H13N5S. The summed E-state index contributed by atoms with van der Waals surface area (Å²) in [5.41, 5.74) is 8.29. The molecule has 0 saturated heterocycles. The summed E-state index contributed by atoms with van der Waals surface area (Å²) in [6.45, 7) is 4.06. The van der Waals surface area contributed by atoms with Gasteiger partial charge in [-0.1, -0.05) is 0 Å². The number of aryl methyl sites for hydroxylation is 1. The van der Waals surface area contributed by atoms with E-state index in [2.05, 4.69) is 16.0 Å². The maximum Gasteiger partial charge on any atom is 0.201 e. The Labute approximate surface area is 120 Å². The van der Waals surface area contributed by atoms with Crippen LogP contribution in [0.15, 0.2) is 24.4 Å². The van der Waals surface area contributed by atoms with Crippen LogP contribution in [0.1, 0.15) is 28.4 Å². The molecule has 0 bridgehead atoms. The van der Waals surface area contributed by atoms with Gasteiger partial charge in [-0.25, -0.2) is 9.97 Å². The first-order valence-corrected chi connectivity index (χ1v) is 7.01. The van der Waals surface area contributed by atoms with Crippen LogP contribution in [0.5, 0.6) is 0 Å². The first kappa shape index (κ1) is 12.6. The van der Waals surface area contributed by atoms with E-state index in [0.717, 1.165) is 20.9 Å². The molecule has 2 aromatic heterocycles. The number of thiazole rings is 1. The molecule has 0 fully saturated rings. The van der Waals surface area contributed by atoms with E-state index in [1.807, 2.05) is 36.7 Å². The van der Waals surface area contributed by atoms with Gasteiger partial charge >= 0.3 is 0 Å². The number of imidazole rings is 1. The van der Waals surface area contributed by atoms with Crippen molar-refractivity contribution in [1.29, 1.82) is 5.26 Å². The first-order chi connectivity index (χ1) is 9.60. The highest BCUT2D eigenvalue weighted by atomic mass is 32.1. The summed E-state index contributed by atoms with van der Waals surface area (Å²) in [6, 6.07) is 7.52. The Kier molecular flexibility index (Phi) is 2.92. The van der Waals surface area contributed by atoms with Gasteiger partial charge in [-0.15, -0.1) is 11.3 Å². The van der Waals surface area contributed by atoms with Crippen LogP contribution >= 0.6 is 11.3 Å². The summed E-state index contributed by atoms with van der Waals surface area (Å²) in [6.07, 6.45) is 1.85. The summed E-state index contributed by atoms with van der Waals surface area (Å²) < 4.78 is 1.93. The Hall–Kier alpha value is -2.39. The topological polar surface area (TPSA) is 80.5 Å². The molecule has 100 valence electrons. The quantitative estimate of drug-likeness (QED) is 0.784. The highest BCUT2D eigenvalue weighted by Gasteiger charge is 2.18. The highest BCUT2D eigenvalue weighted by molar-refractivity contribution is 7.11. The van der Waals surface area contributed by atoms with Crippen molar-refractivity contribution in [1.82, 2.24) is 14.5 Å². The Morgan fingerprint density at radius 3 is 2.90 bits per heavy atom. The van der Waals surface area contributed by atoms with E-state index in [1.54, 1.807) is 17.4 Å².